The summed E-state index contributed by atoms with van der Waals surface area (Å²) in [6.07, 6.45) is -13.2. The molecule has 0 aromatic heterocycles. The van der Waals surface area contributed by atoms with Gasteiger partial charge in [0, 0.05) is 31.4 Å². The number of hydrogen-bond donors (Lipinski definition) is 7. The lowest BCUT2D eigenvalue weighted by atomic mass is 9.83. The maximum Gasteiger partial charge on any atom is 0.364 e. The number of nitrogens with one attached hydrogen (secondary N) is 1. The summed E-state index contributed by atoms with van der Waals surface area (Å²) >= 11 is 0. The number of rotatable bonds is 10. The van der Waals surface area contributed by atoms with Crippen LogP contribution in [0.25, 0.3) is 0 Å². The molecule has 0 spiro atoms. The topological polar surface area (TPSA) is 248 Å². The molecule has 16 heteroatoms. The smallest absolute Gasteiger partial charge is 0.364 e. The Hall–Kier alpha value is -2.96. The number of benzene rings is 1. The molecule has 3 unspecified atom stereocenters. The molecule has 0 radical (unpaired) electrons. The normalized spacial score (nSPS) is 35.8. The van der Waals surface area contributed by atoms with Crippen molar-refractivity contribution >= 4 is 17.6 Å². The van der Waals surface area contributed by atoms with Gasteiger partial charge in [-0.05, 0) is 19.1 Å². The Bertz CT molecular complexity index is 1050. The van der Waals surface area contributed by atoms with E-state index in [1.807, 2.05) is 0 Å². The van der Waals surface area contributed by atoms with Crippen molar-refractivity contribution in [3.8, 4) is 5.75 Å². The van der Waals surface area contributed by atoms with Crippen LogP contribution >= 0.6 is 0 Å². The largest absolute Gasteiger partial charge is 0.477 e. The van der Waals surface area contributed by atoms with E-state index in [2.05, 4.69) is 5.32 Å². The predicted molar refractivity (Wildman–Crippen MR) is 131 cm³/mol. The number of non-ortho nitro benzene ring substituents is 1. The molecule has 0 bridgehead atoms. The van der Waals surface area contributed by atoms with Crippen molar-refractivity contribution < 1.29 is 64.1 Å². The molecule has 2 fully saturated rings. The van der Waals surface area contributed by atoms with Gasteiger partial charge in [0.2, 0.25) is 12.2 Å². The molecular formula is C24H34N2O14. The van der Waals surface area contributed by atoms with Crippen LogP contribution in [0.5, 0.6) is 5.75 Å². The third-order valence-electron chi connectivity index (χ3n) is 6.95. The standard InChI is InChI=1S/C24H34N2O14/c1-10-15(30)8-24(23(33)34,39-20(10)17(11(2)28)25-12(3)29)40-21-18(31)16(9-27)38-22(19(21)32)37-14-6-4-13(5-7-14)26(35)36/h4-7,10-11,15-22,27-28,30-32H,8-9H2,1-3H3,(H,25,29)(H,33,34)/t10-,11-,15-,16?,17-,18+,19?,20?,21+,22-,24+/m1/s1. The third kappa shape index (κ3) is 6.67. The second-order valence-electron chi connectivity index (χ2n) is 9.90. The van der Waals surface area contributed by atoms with E-state index in [0.717, 1.165) is 12.1 Å². The number of carboxylic acid groups (broad SMARTS) is 1. The van der Waals surface area contributed by atoms with Crippen LogP contribution in [0.2, 0.25) is 0 Å². The number of hydrogen-bond acceptors (Lipinski definition) is 13. The van der Waals surface area contributed by atoms with Crippen molar-refractivity contribution in [2.75, 3.05) is 6.61 Å². The van der Waals surface area contributed by atoms with Crippen LogP contribution in [0.1, 0.15) is 27.2 Å². The molecule has 3 rings (SSSR count). The highest BCUT2D eigenvalue weighted by atomic mass is 16.7. The molecule has 40 heavy (non-hydrogen) atoms. The lowest BCUT2D eigenvalue weighted by Gasteiger charge is -2.50. The van der Waals surface area contributed by atoms with E-state index in [-0.39, 0.29) is 11.4 Å². The van der Waals surface area contributed by atoms with Crippen LogP contribution in [0.15, 0.2) is 24.3 Å². The number of aliphatic carboxylic acids is 1. The number of carbonyl (C=O) groups excluding carboxylic acids is 1. The number of aliphatic hydroxyl groups excluding tert-OH is 5. The summed E-state index contributed by atoms with van der Waals surface area (Å²) in [5.74, 6) is -5.78. The SMILES string of the molecule is CC(=O)N[C@@H](C1O[C@@](O[C@@H]2C(O)[C@H](Oc3ccc([N+](=O)[O-])cc3)OC(CO)[C@@H]2O)(C(=O)O)C[C@@H](O)[C@H]1C)[C@@H](C)O. The van der Waals surface area contributed by atoms with Crippen molar-refractivity contribution in [1.82, 2.24) is 5.32 Å². The predicted octanol–water partition coefficient (Wildman–Crippen LogP) is -1.75. The lowest BCUT2D eigenvalue weighted by Crippen LogP contribution is -2.68. The monoisotopic (exact) mass is 574 g/mol. The van der Waals surface area contributed by atoms with Crippen LogP contribution in [0.4, 0.5) is 5.69 Å². The molecule has 1 amide bonds. The zero-order valence-corrected chi connectivity index (χ0v) is 21.9. The van der Waals surface area contributed by atoms with Crippen molar-refractivity contribution in [2.45, 2.75) is 88.0 Å². The summed E-state index contributed by atoms with van der Waals surface area (Å²) in [5.41, 5.74) is -0.239. The number of nitro groups is 1. The Morgan fingerprint density at radius 2 is 1.85 bits per heavy atom. The summed E-state index contributed by atoms with van der Waals surface area (Å²) in [6, 6.07) is 3.52. The zero-order chi connectivity index (χ0) is 29.9. The molecule has 0 saturated carbocycles. The fraction of sp³-hybridized carbons (Fsp3) is 0.667. The maximum absolute atomic E-state index is 12.5. The summed E-state index contributed by atoms with van der Waals surface area (Å²) in [7, 11) is 0. The molecule has 2 heterocycles. The maximum atomic E-state index is 12.5. The molecule has 2 aliphatic heterocycles. The van der Waals surface area contributed by atoms with E-state index in [0.29, 0.717) is 0 Å². The van der Waals surface area contributed by atoms with Gasteiger partial charge in [-0.1, -0.05) is 6.92 Å². The molecule has 1 aromatic rings. The average Bonchev–Trinajstić information content (AvgIpc) is 2.88. The highest BCUT2D eigenvalue weighted by Gasteiger charge is 2.58. The summed E-state index contributed by atoms with van der Waals surface area (Å²) < 4.78 is 22.5. The van der Waals surface area contributed by atoms with Crippen molar-refractivity contribution in [1.29, 1.82) is 0 Å². The van der Waals surface area contributed by atoms with Gasteiger partial charge in [-0.15, -0.1) is 0 Å². The molecule has 0 aliphatic carbocycles. The van der Waals surface area contributed by atoms with E-state index < -0.39 is 96.6 Å². The van der Waals surface area contributed by atoms with Crippen molar-refractivity contribution in [3.63, 3.8) is 0 Å². The van der Waals surface area contributed by atoms with Crippen LogP contribution in [-0.2, 0) is 23.8 Å². The van der Waals surface area contributed by atoms with Gasteiger partial charge in [0.15, 0.2) is 0 Å². The number of carboxylic acids is 1. The second kappa shape index (κ2) is 12.7. The van der Waals surface area contributed by atoms with Gasteiger partial charge in [0.05, 0.1) is 35.9 Å². The molecule has 2 aliphatic rings. The minimum absolute atomic E-state index is 0.00253. The Kier molecular flexibility index (Phi) is 10.0. The Labute approximate surface area is 228 Å². The number of aliphatic hydroxyl groups is 5. The molecule has 1 aromatic carbocycles. The first-order valence-corrected chi connectivity index (χ1v) is 12.5. The molecule has 11 atom stereocenters. The number of amides is 1. The Morgan fingerprint density at radius 1 is 1.23 bits per heavy atom. The van der Waals surface area contributed by atoms with Gasteiger partial charge >= 0.3 is 5.97 Å². The molecule has 7 N–H and O–H groups in total. The molecular weight excluding hydrogens is 540 g/mol. The second-order valence-corrected chi connectivity index (χ2v) is 9.90. The molecule has 2 saturated heterocycles. The van der Waals surface area contributed by atoms with Gasteiger partial charge in [-0.2, -0.15) is 0 Å². The highest BCUT2D eigenvalue weighted by Crippen LogP contribution is 2.39. The van der Waals surface area contributed by atoms with Crippen molar-refractivity contribution in [2.24, 2.45) is 5.92 Å². The highest BCUT2D eigenvalue weighted by molar-refractivity contribution is 5.76. The minimum Gasteiger partial charge on any atom is -0.477 e. The zero-order valence-electron chi connectivity index (χ0n) is 21.9. The van der Waals surface area contributed by atoms with E-state index in [4.69, 9.17) is 18.9 Å². The number of nitrogens with zero attached hydrogens (tertiary/aromatic N) is 1. The summed E-state index contributed by atoms with van der Waals surface area (Å²) in [5, 5.41) is 76.2. The number of nitro benzene ring substituents is 1. The first-order chi connectivity index (χ1) is 18.7. The first-order valence-electron chi connectivity index (χ1n) is 12.5. The molecule has 224 valence electrons. The lowest BCUT2D eigenvalue weighted by molar-refractivity contribution is -0.384. The van der Waals surface area contributed by atoms with E-state index in [1.54, 1.807) is 0 Å². The number of ether oxygens (including phenoxy) is 4. The fourth-order valence-corrected chi connectivity index (χ4v) is 4.72. The van der Waals surface area contributed by atoms with Gasteiger partial charge in [0.1, 0.15) is 30.2 Å². The van der Waals surface area contributed by atoms with Gasteiger partial charge in [-0.3, -0.25) is 14.9 Å². The Morgan fingerprint density at radius 3 is 2.35 bits per heavy atom. The van der Waals surface area contributed by atoms with Gasteiger partial charge < -0.3 is 54.9 Å². The summed E-state index contributed by atoms with van der Waals surface area (Å²) in [6.45, 7) is 3.23. The van der Waals surface area contributed by atoms with Crippen LogP contribution in [0.3, 0.4) is 0 Å². The van der Waals surface area contributed by atoms with E-state index in [9.17, 15) is 50.3 Å². The number of carbonyl (C=O) groups is 2. The van der Waals surface area contributed by atoms with Crippen LogP contribution in [-0.4, -0.2) is 115 Å². The first kappa shape index (κ1) is 31.6. The van der Waals surface area contributed by atoms with Crippen LogP contribution in [0, 0.1) is 16.0 Å². The minimum atomic E-state index is -2.69. The molecule has 16 nitrogen and oxygen atoms in total. The average molecular weight is 575 g/mol. The van der Waals surface area contributed by atoms with E-state index >= 15 is 0 Å². The third-order valence-corrected chi connectivity index (χ3v) is 6.95. The Balaban J connectivity index is 1.92. The van der Waals surface area contributed by atoms with E-state index in [1.165, 1.54) is 32.9 Å². The summed E-state index contributed by atoms with van der Waals surface area (Å²) in [4.78, 5) is 34.6. The quantitative estimate of drug-likeness (QED) is 0.121. The fourth-order valence-electron chi connectivity index (χ4n) is 4.72. The van der Waals surface area contributed by atoms with Gasteiger partial charge in [0.25, 0.3) is 11.5 Å². The van der Waals surface area contributed by atoms with Crippen molar-refractivity contribution in [3.05, 3.63) is 34.4 Å². The van der Waals surface area contributed by atoms with Gasteiger partial charge in [-0.25, -0.2) is 4.79 Å². The van der Waals surface area contributed by atoms with Crippen LogP contribution < -0.4 is 10.1 Å².